The molecule has 3 atom stereocenters. The number of carbonyl (C=O) groups excluding carboxylic acids is 2. The number of nitro benzene ring substituents is 1. The molecule has 9 nitrogen and oxygen atoms in total. The van der Waals surface area contributed by atoms with Crippen LogP contribution in [0.25, 0.3) is 0 Å². The quantitative estimate of drug-likeness (QED) is 0.206. The zero-order chi connectivity index (χ0) is 26.0. The normalized spacial score (nSPS) is 22.3. The number of nitrogens with zero attached hydrogens (tertiary/aromatic N) is 3. The van der Waals surface area contributed by atoms with Gasteiger partial charge in [0.05, 0.1) is 29.8 Å². The van der Waals surface area contributed by atoms with E-state index in [1.165, 1.54) is 23.1 Å². The maximum atomic E-state index is 13.6. The van der Waals surface area contributed by atoms with Gasteiger partial charge < -0.3 is 20.0 Å². The summed E-state index contributed by atoms with van der Waals surface area (Å²) in [5.41, 5.74) is -0.783. The first kappa shape index (κ1) is 26.2. The lowest BCUT2D eigenvalue weighted by Gasteiger charge is -2.28. The molecular formula is C26H28IN3O6. The van der Waals surface area contributed by atoms with Crippen LogP contribution in [0.15, 0.2) is 54.6 Å². The van der Waals surface area contributed by atoms with Crippen LogP contribution < -0.4 is 4.90 Å². The third-order valence-corrected chi connectivity index (χ3v) is 7.72. The van der Waals surface area contributed by atoms with Gasteiger partial charge in [-0.15, -0.1) is 0 Å². The first-order valence-electron chi connectivity index (χ1n) is 11.8. The molecule has 1 fully saturated rings. The highest BCUT2D eigenvalue weighted by atomic mass is 127. The highest BCUT2D eigenvalue weighted by molar-refractivity contribution is 14.1. The van der Waals surface area contributed by atoms with Crippen molar-refractivity contribution in [3.05, 3.63) is 79.4 Å². The maximum Gasteiger partial charge on any atom is 0.269 e. The van der Waals surface area contributed by atoms with Gasteiger partial charge in [-0.1, -0.05) is 31.2 Å². The second-order valence-corrected chi connectivity index (χ2v) is 10.5. The summed E-state index contributed by atoms with van der Waals surface area (Å²) in [5.74, 6) is -1.46. The highest BCUT2D eigenvalue weighted by Crippen LogP contribution is 2.47. The van der Waals surface area contributed by atoms with Crippen molar-refractivity contribution in [1.29, 1.82) is 0 Å². The molecular weight excluding hydrogens is 577 g/mol. The van der Waals surface area contributed by atoms with Gasteiger partial charge in [0.15, 0.2) is 5.60 Å². The Labute approximate surface area is 222 Å². The molecule has 36 heavy (non-hydrogen) atoms. The number of hydrogen-bond acceptors (Lipinski definition) is 6. The minimum Gasteiger partial charge on any atom is -0.394 e. The number of nitro groups is 1. The summed E-state index contributed by atoms with van der Waals surface area (Å²) in [6.45, 7) is 2.38. The van der Waals surface area contributed by atoms with Crippen molar-refractivity contribution in [1.82, 2.24) is 4.90 Å². The number of amides is 2. The van der Waals surface area contributed by atoms with Gasteiger partial charge in [0, 0.05) is 40.1 Å². The predicted molar refractivity (Wildman–Crippen MR) is 142 cm³/mol. The van der Waals surface area contributed by atoms with Gasteiger partial charge in [0.25, 0.3) is 11.6 Å². The Morgan fingerprint density at radius 1 is 1.31 bits per heavy atom. The number of benzene rings is 2. The number of carbonyl (C=O) groups is 2. The summed E-state index contributed by atoms with van der Waals surface area (Å²) in [6.07, 6.45) is 4.90. The van der Waals surface area contributed by atoms with Crippen molar-refractivity contribution in [3.63, 3.8) is 0 Å². The van der Waals surface area contributed by atoms with E-state index < -0.39 is 22.3 Å². The molecule has 10 heteroatoms. The second-order valence-electron chi connectivity index (χ2n) is 9.23. The van der Waals surface area contributed by atoms with Crippen LogP contribution in [0, 0.1) is 19.6 Å². The van der Waals surface area contributed by atoms with Crippen LogP contribution in [-0.4, -0.2) is 51.0 Å². The average Bonchev–Trinajstić information content (AvgIpc) is 3.43. The fraction of sp³-hybridized carbons (Fsp3) is 0.385. The largest absolute Gasteiger partial charge is 0.394 e. The van der Waals surface area contributed by atoms with Gasteiger partial charge in [-0.05, 0) is 59.2 Å². The lowest BCUT2D eigenvalue weighted by molar-refractivity contribution is -0.385. The minimum absolute atomic E-state index is 0.0687. The van der Waals surface area contributed by atoms with Crippen molar-refractivity contribution in [2.45, 2.75) is 44.4 Å². The van der Waals surface area contributed by atoms with Crippen LogP contribution in [0.5, 0.6) is 0 Å². The van der Waals surface area contributed by atoms with E-state index in [1.54, 1.807) is 24.0 Å². The van der Waals surface area contributed by atoms with E-state index in [2.05, 4.69) is 22.6 Å². The topological polar surface area (TPSA) is 124 Å². The first-order valence-corrected chi connectivity index (χ1v) is 12.9. The number of aliphatic hydroxyl groups is 2. The molecule has 2 N–H and O–H groups in total. The molecule has 0 bridgehead atoms. The van der Waals surface area contributed by atoms with E-state index in [0.717, 1.165) is 22.0 Å². The Bertz CT molecular complexity index is 1200. The maximum absolute atomic E-state index is 13.6. The van der Waals surface area contributed by atoms with Crippen LogP contribution in [0.4, 0.5) is 11.4 Å². The predicted octanol–water partition coefficient (Wildman–Crippen LogP) is 3.50. The molecule has 2 aromatic rings. The molecule has 0 aliphatic carbocycles. The van der Waals surface area contributed by atoms with E-state index in [1.807, 2.05) is 24.3 Å². The fourth-order valence-corrected chi connectivity index (χ4v) is 5.32. The van der Waals surface area contributed by atoms with Crippen molar-refractivity contribution >= 4 is 45.8 Å². The molecule has 2 heterocycles. The minimum atomic E-state index is -2.02. The molecule has 0 aromatic heterocycles. The molecule has 2 aliphatic rings. The molecule has 4 rings (SSSR count). The summed E-state index contributed by atoms with van der Waals surface area (Å²) in [4.78, 5) is 40.2. The van der Waals surface area contributed by atoms with E-state index in [4.69, 9.17) is 0 Å². The molecule has 0 unspecified atom stereocenters. The summed E-state index contributed by atoms with van der Waals surface area (Å²) in [7, 11) is 0. The van der Waals surface area contributed by atoms with Crippen LogP contribution in [0.2, 0.25) is 0 Å². The van der Waals surface area contributed by atoms with Gasteiger partial charge in [0.2, 0.25) is 5.91 Å². The monoisotopic (exact) mass is 605 g/mol. The smallest absolute Gasteiger partial charge is 0.269 e. The SMILES string of the molecule is C[C@@H](/C=C/CC(=O)N1CCC[C@H]1CO)[C@]1(O)C(=O)N(Cc2ccc(I)cc2)c2ccc([N+](=O)[O-])cc21. The summed E-state index contributed by atoms with van der Waals surface area (Å²) >= 11 is 2.19. The third kappa shape index (κ3) is 4.89. The van der Waals surface area contributed by atoms with E-state index in [-0.39, 0.29) is 42.8 Å². The Hall–Kier alpha value is -2.83. The van der Waals surface area contributed by atoms with Crippen LogP contribution in [0.1, 0.15) is 37.3 Å². The molecule has 0 radical (unpaired) electrons. The van der Waals surface area contributed by atoms with Crippen LogP contribution in [0.3, 0.4) is 0 Å². The Balaban J connectivity index is 1.61. The van der Waals surface area contributed by atoms with Gasteiger partial charge in [-0.25, -0.2) is 0 Å². The number of fused-ring (bicyclic) bond motifs is 1. The molecule has 0 saturated carbocycles. The fourth-order valence-electron chi connectivity index (χ4n) is 4.96. The highest BCUT2D eigenvalue weighted by Gasteiger charge is 2.53. The van der Waals surface area contributed by atoms with E-state index in [0.29, 0.717) is 12.2 Å². The summed E-state index contributed by atoms with van der Waals surface area (Å²) in [6, 6.07) is 11.5. The number of anilines is 1. The summed E-state index contributed by atoms with van der Waals surface area (Å²) < 4.78 is 1.05. The Kier molecular flexibility index (Phi) is 7.76. The molecule has 190 valence electrons. The van der Waals surface area contributed by atoms with Gasteiger partial charge >= 0.3 is 0 Å². The zero-order valence-electron chi connectivity index (χ0n) is 19.8. The molecule has 2 aliphatic heterocycles. The van der Waals surface area contributed by atoms with Crippen molar-refractivity contribution in [2.24, 2.45) is 5.92 Å². The van der Waals surface area contributed by atoms with E-state index >= 15 is 0 Å². The van der Waals surface area contributed by atoms with E-state index in [9.17, 15) is 29.9 Å². The molecule has 2 aromatic carbocycles. The number of aliphatic hydroxyl groups excluding tert-OH is 1. The lowest BCUT2D eigenvalue weighted by atomic mass is 9.82. The van der Waals surface area contributed by atoms with Crippen LogP contribution >= 0.6 is 22.6 Å². The summed E-state index contributed by atoms with van der Waals surface area (Å²) in [5, 5.41) is 32.7. The first-order chi connectivity index (χ1) is 17.2. The average molecular weight is 605 g/mol. The molecule has 0 spiro atoms. The Morgan fingerprint density at radius 2 is 2.03 bits per heavy atom. The van der Waals surface area contributed by atoms with Crippen LogP contribution in [-0.2, 0) is 21.7 Å². The molecule has 1 saturated heterocycles. The zero-order valence-corrected chi connectivity index (χ0v) is 22.0. The Morgan fingerprint density at radius 3 is 2.69 bits per heavy atom. The van der Waals surface area contributed by atoms with Gasteiger partial charge in [-0.2, -0.15) is 0 Å². The number of non-ortho nitro benzene ring substituents is 1. The number of likely N-dealkylation sites (tertiary alicyclic amines) is 1. The second kappa shape index (κ2) is 10.7. The number of hydrogen-bond donors (Lipinski definition) is 2. The third-order valence-electron chi connectivity index (χ3n) is 7.00. The standard InChI is InChI=1S/C26H28IN3O6/c1-17(4-2-6-24(32)28-13-3-5-21(28)16-31)26(34)22-14-20(30(35)36)11-12-23(22)29(25(26)33)15-18-7-9-19(27)10-8-18/h2,4,7-12,14,17,21,31,34H,3,5-6,13,15-16H2,1H3/b4-2+/t17-,21-,26+/m0/s1. The van der Waals surface area contributed by atoms with Crippen molar-refractivity contribution in [2.75, 3.05) is 18.1 Å². The van der Waals surface area contributed by atoms with Crippen molar-refractivity contribution < 1.29 is 24.7 Å². The molecule has 2 amide bonds. The van der Waals surface area contributed by atoms with Gasteiger partial charge in [-0.3, -0.25) is 19.7 Å². The lowest BCUT2D eigenvalue weighted by Crippen LogP contribution is -2.44. The number of halogens is 1. The number of rotatable bonds is 8. The van der Waals surface area contributed by atoms with Crippen molar-refractivity contribution in [3.8, 4) is 0 Å². The van der Waals surface area contributed by atoms with Gasteiger partial charge in [0.1, 0.15) is 0 Å².